The minimum absolute atomic E-state index is 0.280. The molecule has 1 aromatic rings. The maximum Gasteiger partial charge on any atom is 0.0383 e. The third kappa shape index (κ3) is 4.45. The Morgan fingerprint density at radius 2 is 1.81 bits per heavy atom. The normalized spacial score (nSPS) is 16.8. The van der Waals surface area contributed by atoms with Crippen molar-refractivity contribution in [2.24, 2.45) is 0 Å². The van der Waals surface area contributed by atoms with Crippen LogP contribution in [0.3, 0.4) is 0 Å². The van der Waals surface area contributed by atoms with Crippen LogP contribution in [0.25, 0.3) is 0 Å². The summed E-state index contributed by atoms with van der Waals surface area (Å²) in [6.07, 6.45) is 1.74. The number of benzene rings is 1. The molecule has 3 unspecified atom stereocenters. The summed E-state index contributed by atoms with van der Waals surface area (Å²) in [5.74, 6) is 0.705. The van der Waals surface area contributed by atoms with Crippen LogP contribution in [-0.2, 0) is 10.8 Å². The van der Waals surface area contributed by atoms with Crippen LogP contribution < -0.4 is 5.32 Å². The number of aryl methyl sites for hydroxylation is 1. The molecule has 0 bridgehead atoms. The molecule has 0 aliphatic carbocycles. The average Bonchev–Trinajstić information content (AvgIpc) is 2.16. The van der Waals surface area contributed by atoms with Gasteiger partial charge in [-0.05, 0) is 26.3 Å². The Labute approximate surface area is 101 Å². The van der Waals surface area contributed by atoms with E-state index in [2.05, 4.69) is 50.4 Å². The van der Waals surface area contributed by atoms with Gasteiger partial charge < -0.3 is 5.32 Å². The van der Waals surface area contributed by atoms with E-state index in [-0.39, 0.29) is 6.04 Å². The first-order valence-electron chi connectivity index (χ1n) is 5.61. The molecule has 0 heterocycles. The van der Waals surface area contributed by atoms with Gasteiger partial charge in [-0.1, -0.05) is 29.8 Å². The van der Waals surface area contributed by atoms with Crippen LogP contribution in [0.1, 0.15) is 31.0 Å². The summed E-state index contributed by atoms with van der Waals surface area (Å²) in [7, 11) is -0.735. The van der Waals surface area contributed by atoms with Crippen molar-refractivity contribution in [2.75, 3.05) is 12.0 Å². The Balaban J connectivity index is 2.54. The topological polar surface area (TPSA) is 29.1 Å². The summed E-state index contributed by atoms with van der Waals surface area (Å²) in [6.45, 7) is 6.30. The van der Waals surface area contributed by atoms with E-state index in [0.29, 0.717) is 11.8 Å². The largest absolute Gasteiger partial charge is 0.307 e. The van der Waals surface area contributed by atoms with Gasteiger partial charge in [-0.15, -0.1) is 0 Å². The van der Waals surface area contributed by atoms with Crippen molar-refractivity contribution < 1.29 is 4.21 Å². The van der Waals surface area contributed by atoms with Gasteiger partial charge in [-0.3, -0.25) is 4.21 Å². The van der Waals surface area contributed by atoms with Crippen LogP contribution in [0.2, 0.25) is 0 Å². The molecule has 0 fully saturated rings. The van der Waals surface area contributed by atoms with E-state index in [4.69, 9.17) is 0 Å². The third-order valence-electron chi connectivity index (χ3n) is 2.60. The highest BCUT2D eigenvalue weighted by molar-refractivity contribution is 7.84. The maximum absolute atomic E-state index is 11.1. The van der Waals surface area contributed by atoms with Gasteiger partial charge in [-0.25, -0.2) is 0 Å². The molecule has 0 saturated carbocycles. The predicted molar refractivity (Wildman–Crippen MR) is 71.1 cm³/mol. The van der Waals surface area contributed by atoms with E-state index < -0.39 is 10.8 Å². The summed E-state index contributed by atoms with van der Waals surface area (Å²) in [5, 5.41) is 3.45. The monoisotopic (exact) mass is 239 g/mol. The zero-order valence-corrected chi connectivity index (χ0v) is 11.3. The van der Waals surface area contributed by atoms with Crippen molar-refractivity contribution in [3.05, 3.63) is 35.4 Å². The van der Waals surface area contributed by atoms with Gasteiger partial charge in [0.15, 0.2) is 0 Å². The standard InChI is InChI=1S/C13H21NOS/c1-10-5-7-13(8-6-10)12(3)14-11(2)9-16(4)15/h5-8,11-12,14H,9H2,1-4H3. The van der Waals surface area contributed by atoms with E-state index in [1.54, 1.807) is 6.26 Å². The first-order chi connectivity index (χ1) is 7.49. The van der Waals surface area contributed by atoms with Gasteiger partial charge in [0.1, 0.15) is 0 Å². The van der Waals surface area contributed by atoms with Crippen molar-refractivity contribution >= 4 is 10.8 Å². The van der Waals surface area contributed by atoms with Crippen molar-refractivity contribution in [1.82, 2.24) is 5.32 Å². The number of rotatable bonds is 5. The Kier molecular flexibility index (Phi) is 5.16. The van der Waals surface area contributed by atoms with Crippen molar-refractivity contribution in [2.45, 2.75) is 32.9 Å². The Bertz CT molecular complexity index is 347. The molecule has 0 spiro atoms. The molecule has 0 aliphatic rings. The molecule has 3 heteroatoms. The molecule has 0 saturated heterocycles. The summed E-state index contributed by atoms with van der Waals surface area (Å²) in [4.78, 5) is 0. The fraction of sp³-hybridized carbons (Fsp3) is 0.538. The molecular formula is C13H21NOS. The van der Waals surface area contributed by atoms with E-state index >= 15 is 0 Å². The van der Waals surface area contributed by atoms with Crippen LogP contribution >= 0.6 is 0 Å². The van der Waals surface area contributed by atoms with Crippen LogP contribution in [0.5, 0.6) is 0 Å². The first-order valence-corrected chi connectivity index (χ1v) is 7.34. The van der Waals surface area contributed by atoms with Crippen LogP contribution in [0.4, 0.5) is 0 Å². The molecule has 0 aliphatic heterocycles. The van der Waals surface area contributed by atoms with Gasteiger partial charge in [0.2, 0.25) is 0 Å². The molecule has 90 valence electrons. The lowest BCUT2D eigenvalue weighted by Crippen LogP contribution is -2.33. The molecule has 0 amide bonds. The van der Waals surface area contributed by atoms with Crippen LogP contribution in [-0.4, -0.2) is 22.3 Å². The molecule has 1 rings (SSSR count). The molecule has 3 atom stereocenters. The quantitative estimate of drug-likeness (QED) is 0.855. The highest BCUT2D eigenvalue weighted by Crippen LogP contribution is 2.13. The predicted octanol–water partition coefficient (Wildman–Crippen LogP) is 2.41. The lowest BCUT2D eigenvalue weighted by atomic mass is 10.1. The van der Waals surface area contributed by atoms with Gasteiger partial charge in [0.05, 0.1) is 0 Å². The molecule has 0 radical (unpaired) electrons. The SMILES string of the molecule is Cc1ccc(C(C)NC(C)CS(C)=O)cc1. The Morgan fingerprint density at radius 3 is 2.31 bits per heavy atom. The van der Waals surface area contributed by atoms with E-state index in [1.807, 2.05) is 0 Å². The lowest BCUT2D eigenvalue weighted by molar-refractivity contribution is 0.508. The van der Waals surface area contributed by atoms with Gasteiger partial charge in [0, 0.05) is 34.9 Å². The minimum atomic E-state index is -0.735. The van der Waals surface area contributed by atoms with Gasteiger partial charge in [-0.2, -0.15) is 0 Å². The van der Waals surface area contributed by atoms with E-state index in [0.717, 1.165) is 0 Å². The molecule has 2 nitrogen and oxygen atoms in total. The fourth-order valence-electron chi connectivity index (χ4n) is 1.78. The second kappa shape index (κ2) is 6.16. The molecule has 0 aromatic heterocycles. The highest BCUT2D eigenvalue weighted by atomic mass is 32.2. The van der Waals surface area contributed by atoms with Crippen molar-refractivity contribution in [3.63, 3.8) is 0 Å². The number of nitrogens with one attached hydrogen (secondary N) is 1. The van der Waals surface area contributed by atoms with E-state index in [1.165, 1.54) is 11.1 Å². The van der Waals surface area contributed by atoms with Crippen molar-refractivity contribution in [1.29, 1.82) is 0 Å². The summed E-state index contributed by atoms with van der Waals surface area (Å²) < 4.78 is 11.1. The lowest BCUT2D eigenvalue weighted by Gasteiger charge is -2.19. The molecule has 16 heavy (non-hydrogen) atoms. The number of hydrogen-bond donors (Lipinski definition) is 1. The summed E-state index contributed by atoms with van der Waals surface area (Å²) in [5.41, 5.74) is 2.55. The minimum Gasteiger partial charge on any atom is -0.307 e. The maximum atomic E-state index is 11.1. The van der Waals surface area contributed by atoms with Crippen molar-refractivity contribution in [3.8, 4) is 0 Å². The molecule has 1 N–H and O–H groups in total. The van der Waals surface area contributed by atoms with Gasteiger partial charge >= 0.3 is 0 Å². The number of hydrogen-bond acceptors (Lipinski definition) is 2. The Hall–Kier alpha value is -0.670. The second-order valence-electron chi connectivity index (χ2n) is 4.44. The smallest absolute Gasteiger partial charge is 0.0383 e. The zero-order chi connectivity index (χ0) is 12.1. The first kappa shape index (κ1) is 13.4. The third-order valence-corrected chi connectivity index (χ3v) is 3.57. The second-order valence-corrected chi connectivity index (χ2v) is 5.92. The fourth-order valence-corrected chi connectivity index (χ4v) is 2.58. The summed E-state index contributed by atoms with van der Waals surface area (Å²) >= 11 is 0. The van der Waals surface area contributed by atoms with Crippen LogP contribution in [0, 0.1) is 6.92 Å². The van der Waals surface area contributed by atoms with Crippen LogP contribution in [0.15, 0.2) is 24.3 Å². The van der Waals surface area contributed by atoms with Gasteiger partial charge in [0.25, 0.3) is 0 Å². The zero-order valence-electron chi connectivity index (χ0n) is 10.5. The average molecular weight is 239 g/mol. The highest BCUT2D eigenvalue weighted by Gasteiger charge is 2.10. The Morgan fingerprint density at radius 1 is 1.25 bits per heavy atom. The van der Waals surface area contributed by atoms with E-state index in [9.17, 15) is 4.21 Å². The summed E-state index contributed by atoms with van der Waals surface area (Å²) in [6, 6.07) is 9.11. The molecule has 1 aromatic carbocycles. The molecular weight excluding hydrogens is 218 g/mol.